The number of hydrogen-bond donors (Lipinski definition) is 1. The van der Waals surface area contributed by atoms with Gasteiger partial charge in [0.15, 0.2) is 0 Å². The number of likely N-dealkylation sites (tertiary alicyclic amines) is 1. The van der Waals surface area contributed by atoms with Crippen molar-refractivity contribution in [3.8, 4) is 0 Å². The highest BCUT2D eigenvalue weighted by Crippen LogP contribution is 2.30. The van der Waals surface area contributed by atoms with Crippen LogP contribution in [0, 0.1) is 0 Å². The number of nitrogens with zero attached hydrogens (tertiary/aromatic N) is 1. The van der Waals surface area contributed by atoms with Crippen LogP contribution in [0.4, 0.5) is 0 Å². The summed E-state index contributed by atoms with van der Waals surface area (Å²) in [5, 5.41) is 0. The minimum atomic E-state index is 0.164. The average Bonchev–Trinajstić information content (AvgIpc) is 2.14. The van der Waals surface area contributed by atoms with Gasteiger partial charge in [-0.3, -0.25) is 4.90 Å². The molecular weight excluding hydrogens is 160 g/mol. The van der Waals surface area contributed by atoms with Gasteiger partial charge in [0, 0.05) is 24.7 Å². The normalized spacial score (nSPS) is 30.0. The number of rotatable bonds is 2. The molecule has 0 aromatic heterocycles. The van der Waals surface area contributed by atoms with Crippen LogP contribution in [0.1, 0.15) is 45.4 Å². The molecule has 2 heteroatoms. The second-order valence-electron chi connectivity index (χ2n) is 4.91. The molecule has 1 aliphatic heterocycles. The summed E-state index contributed by atoms with van der Waals surface area (Å²) in [6.07, 6.45) is 8.29. The molecule has 0 bridgehead atoms. The Morgan fingerprint density at radius 1 is 1.23 bits per heavy atom. The van der Waals surface area contributed by atoms with E-state index in [1.165, 1.54) is 32.1 Å². The van der Waals surface area contributed by atoms with Gasteiger partial charge in [0.05, 0.1) is 0 Å². The molecule has 0 aromatic carbocycles. The van der Waals surface area contributed by atoms with Gasteiger partial charge in [0.2, 0.25) is 0 Å². The van der Waals surface area contributed by atoms with E-state index in [-0.39, 0.29) is 5.54 Å². The fraction of sp³-hybridized carbons (Fsp3) is 1.00. The van der Waals surface area contributed by atoms with Crippen molar-refractivity contribution in [2.75, 3.05) is 13.1 Å². The molecular formula is C11H22N2. The zero-order valence-electron chi connectivity index (χ0n) is 8.76. The van der Waals surface area contributed by atoms with E-state index in [9.17, 15) is 0 Å². The first-order valence-corrected chi connectivity index (χ1v) is 5.76. The van der Waals surface area contributed by atoms with Gasteiger partial charge in [-0.2, -0.15) is 0 Å². The van der Waals surface area contributed by atoms with Crippen molar-refractivity contribution >= 4 is 0 Å². The summed E-state index contributed by atoms with van der Waals surface area (Å²) in [6.45, 7) is 4.50. The Bertz CT molecular complexity index is 167. The summed E-state index contributed by atoms with van der Waals surface area (Å²) in [5.41, 5.74) is 6.32. The molecule has 2 aliphatic rings. The molecule has 1 saturated heterocycles. The first kappa shape index (κ1) is 9.47. The van der Waals surface area contributed by atoms with E-state index in [2.05, 4.69) is 11.8 Å². The van der Waals surface area contributed by atoms with Crippen LogP contribution >= 0.6 is 0 Å². The smallest absolute Gasteiger partial charge is 0.0410 e. The van der Waals surface area contributed by atoms with Gasteiger partial charge in [0.1, 0.15) is 0 Å². The maximum absolute atomic E-state index is 6.16. The standard InChI is InChI=1S/C11H22N2/c1-2-11(12)8-13(9-11)10-6-4-3-5-7-10/h10H,2-9,12H2,1H3. The maximum atomic E-state index is 6.16. The first-order chi connectivity index (χ1) is 6.23. The van der Waals surface area contributed by atoms with Crippen molar-refractivity contribution in [2.24, 2.45) is 5.73 Å². The molecule has 2 nitrogen and oxygen atoms in total. The Hall–Kier alpha value is -0.0800. The molecule has 13 heavy (non-hydrogen) atoms. The molecule has 1 saturated carbocycles. The summed E-state index contributed by atoms with van der Waals surface area (Å²) in [7, 11) is 0. The van der Waals surface area contributed by atoms with Crippen LogP contribution in [0.3, 0.4) is 0 Å². The summed E-state index contributed by atoms with van der Waals surface area (Å²) in [4.78, 5) is 2.60. The summed E-state index contributed by atoms with van der Waals surface area (Å²) >= 11 is 0. The van der Waals surface area contributed by atoms with Gasteiger partial charge in [-0.15, -0.1) is 0 Å². The summed E-state index contributed by atoms with van der Waals surface area (Å²) in [6, 6.07) is 0.872. The lowest BCUT2D eigenvalue weighted by molar-refractivity contribution is 0.0127. The number of hydrogen-bond acceptors (Lipinski definition) is 2. The molecule has 0 atom stereocenters. The predicted octanol–water partition coefficient (Wildman–Crippen LogP) is 1.74. The zero-order chi connectivity index (χ0) is 9.31. The van der Waals surface area contributed by atoms with Crippen LogP contribution in [0.25, 0.3) is 0 Å². The molecule has 0 spiro atoms. The van der Waals surface area contributed by atoms with E-state index >= 15 is 0 Å². The Morgan fingerprint density at radius 2 is 1.85 bits per heavy atom. The van der Waals surface area contributed by atoms with Gasteiger partial charge in [-0.1, -0.05) is 26.2 Å². The highest BCUT2D eigenvalue weighted by Gasteiger charge is 2.40. The monoisotopic (exact) mass is 182 g/mol. The second kappa shape index (κ2) is 3.58. The molecule has 0 radical (unpaired) electrons. The SMILES string of the molecule is CCC1(N)CN(C2CCCCC2)C1. The molecule has 0 aromatic rings. The van der Waals surface area contributed by atoms with Gasteiger partial charge < -0.3 is 5.73 Å². The van der Waals surface area contributed by atoms with E-state index in [0.717, 1.165) is 25.6 Å². The first-order valence-electron chi connectivity index (χ1n) is 5.76. The van der Waals surface area contributed by atoms with Crippen molar-refractivity contribution in [1.29, 1.82) is 0 Å². The van der Waals surface area contributed by atoms with Crippen LogP contribution in [0.15, 0.2) is 0 Å². The maximum Gasteiger partial charge on any atom is 0.0410 e. The third-order valence-corrected chi connectivity index (χ3v) is 3.83. The van der Waals surface area contributed by atoms with Crippen LogP contribution in [-0.4, -0.2) is 29.6 Å². The molecule has 0 unspecified atom stereocenters. The molecule has 2 fully saturated rings. The van der Waals surface area contributed by atoms with E-state index in [0.29, 0.717) is 0 Å². The molecule has 76 valence electrons. The van der Waals surface area contributed by atoms with E-state index in [1.54, 1.807) is 0 Å². The van der Waals surface area contributed by atoms with Crippen LogP contribution in [0.2, 0.25) is 0 Å². The Labute approximate surface area is 81.5 Å². The van der Waals surface area contributed by atoms with Crippen LogP contribution in [-0.2, 0) is 0 Å². The Kier molecular flexibility index (Phi) is 2.61. The predicted molar refractivity (Wildman–Crippen MR) is 55.7 cm³/mol. The molecule has 1 aliphatic carbocycles. The minimum Gasteiger partial charge on any atom is -0.323 e. The topological polar surface area (TPSA) is 29.3 Å². The van der Waals surface area contributed by atoms with Crippen molar-refractivity contribution < 1.29 is 0 Å². The molecule has 2 N–H and O–H groups in total. The van der Waals surface area contributed by atoms with E-state index in [1.807, 2.05) is 0 Å². The van der Waals surface area contributed by atoms with Crippen LogP contribution in [0.5, 0.6) is 0 Å². The van der Waals surface area contributed by atoms with Crippen molar-refractivity contribution in [2.45, 2.75) is 57.0 Å². The van der Waals surface area contributed by atoms with E-state index in [4.69, 9.17) is 5.73 Å². The van der Waals surface area contributed by atoms with Gasteiger partial charge in [0.25, 0.3) is 0 Å². The lowest BCUT2D eigenvalue weighted by atomic mass is 9.83. The summed E-state index contributed by atoms with van der Waals surface area (Å²) < 4.78 is 0. The molecule has 0 amide bonds. The Morgan fingerprint density at radius 3 is 2.38 bits per heavy atom. The largest absolute Gasteiger partial charge is 0.323 e. The van der Waals surface area contributed by atoms with Gasteiger partial charge in [-0.25, -0.2) is 0 Å². The lowest BCUT2D eigenvalue weighted by Crippen LogP contribution is -2.69. The van der Waals surface area contributed by atoms with E-state index < -0.39 is 0 Å². The zero-order valence-corrected chi connectivity index (χ0v) is 8.76. The average molecular weight is 182 g/mol. The summed E-state index contributed by atoms with van der Waals surface area (Å²) in [5.74, 6) is 0. The van der Waals surface area contributed by atoms with Crippen molar-refractivity contribution in [1.82, 2.24) is 4.90 Å². The molecule has 2 rings (SSSR count). The molecule has 1 heterocycles. The third-order valence-electron chi connectivity index (χ3n) is 3.83. The Balaban J connectivity index is 1.78. The highest BCUT2D eigenvalue weighted by atomic mass is 15.3. The van der Waals surface area contributed by atoms with Crippen molar-refractivity contribution in [3.05, 3.63) is 0 Å². The van der Waals surface area contributed by atoms with Gasteiger partial charge >= 0.3 is 0 Å². The van der Waals surface area contributed by atoms with Gasteiger partial charge in [-0.05, 0) is 19.3 Å². The highest BCUT2D eigenvalue weighted by molar-refractivity contribution is 5.01. The quantitative estimate of drug-likeness (QED) is 0.705. The van der Waals surface area contributed by atoms with Crippen LogP contribution < -0.4 is 5.73 Å². The lowest BCUT2D eigenvalue weighted by Gasteiger charge is -2.52. The second-order valence-corrected chi connectivity index (χ2v) is 4.91. The number of nitrogens with two attached hydrogens (primary N) is 1. The fourth-order valence-corrected chi connectivity index (χ4v) is 2.69. The van der Waals surface area contributed by atoms with Crippen molar-refractivity contribution in [3.63, 3.8) is 0 Å². The third kappa shape index (κ3) is 1.89. The minimum absolute atomic E-state index is 0.164. The fourth-order valence-electron chi connectivity index (χ4n) is 2.69.